The van der Waals surface area contributed by atoms with E-state index in [1.54, 1.807) is 10.6 Å². The Balaban J connectivity index is 1.90. The van der Waals surface area contributed by atoms with E-state index in [1.807, 2.05) is 18.2 Å². The second-order valence-electron chi connectivity index (χ2n) is 5.91. The van der Waals surface area contributed by atoms with Crippen LogP contribution in [0.2, 0.25) is 0 Å². The first-order valence-electron chi connectivity index (χ1n) is 7.03. The van der Waals surface area contributed by atoms with Gasteiger partial charge in [-0.3, -0.25) is 4.40 Å². The van der Waals surface area contributed by atoms with Crippen LogP contribution in [0, 0.1) is 5.41 Å². The number of carboxylic acid groups (broad SMARTS) is 1. The number of nitrogens with one attached hydrogen (secondary N) is 1. The number of pyridine rings is 1. The summed E-state index contributed by atoms with van der Waals surface area (Å²) in [5.41, 5.74) is 1.12. The fourth-order valence-electron chi connectivity index (χ4n) is 3.03. The van der Waals surface area contributed by atoms with Gasteiger partial charge in [0.15, 0.2) is 11.5 Å². The van der Waals surface area contributed by atoms with Crippen LogP contribution in [0.3, 0.4) is 0 Å². The van der Waals surface area contributed by atoms with Crippen molar-refractivity contribution in [2.24, 2.45) is 5.41 Å². The third-order valence-corrected chi connectivity index (χ3v) is 4.23. The maximum absolute atomic E-state index is 11.5. The van der Waals surface area contributed by atoms with Gasteiger partial charge in [-0.1, -0.05) is 25.8 Å². The van der Waals surface area contributed by atoms with Crippen LogP contribution in [0.1, 0.15) is 43.1 Å². The van der Waals surface area contributed by atoms with Gasteiger partial charge in [-0.25, -0.2) is 9.78 Å². The van der Waals surface area contributed by atoms with Gasteiger partial charge in [0.25, 0.3) is 0 Å². The lowest BCUT2D eigenvalue weighted by Gasteiger charge is -2.23. The first kappa shape index (κ1) is 13.0. The Kier molecular flexibility index (Phi) is 3.12. The smallest absolute Gasteiger partial charge is 0.356 e. The maximum Gasteiger partial charge on any atom is 0.356 e. The van der Waals surface area contributed by atoms with Crippen molar-refractivity contribution in [1.82, 2.24) is 9.38 Å². The van der Waals surface area contributed by atoms with Crippen LogP contribution < -0.4 is 5.32 Å². The normalized spacial score (nSPS) is 17.4. The van der Waals surface area contributed by atoms with Crippen LogP contribution in [-0.2, 0) is 0 Å². The van der Waals surface area contributed by atoms with Crippen LogP contribution in [-0.4, -0.2) is 27.0 Å². The summed E-state index contributed by atoms with van der Waals surface area (Å²) in [4.78, 5) is 15.9. The summed E-state index contributed by atoms with van der Waals surface area (Å²) in [6.45, 7) is 3.03. The van der Waals surface area contributed by atoms with Crippen LogP contribution in [0.25, 0.3) is 5.65 Å². The Labute approximate surface area is 117 Å². The third-order valence-electron chi connectivity index (χ3n) is 4.23. The lowest BCUT2D eigenvalue weighted by molar-refractivity contribution is 0.0690. The number of aromatic nitrogens is 2. The summed E-state index contributed by atoms with van der Waals surface area (Å²) in [7, 11) is 0. The van der Waals surface area contributed by atoms with E-state index in [1.165, 1.54) is 25.7 Å². The molecule has 1 aliphatic carbocycles. The van der Waals surface area contributed by atoms with Crippen LogP contribution in [0.15, 0.2) is 24.4 Å². The minimum Gasteiger partial charge on any atom is -0.476 e. The summed E-state index contributed by atoms with van der Waals surface area (Å²) in [6, 6.07) is 5.48. The van der Waals surface area contributed by atoms with Gasteiger partial charge in [-0.15, -0.1) is 0 Å². The zero-order valence-corrected chi connectivity index (χ0v) is 11.6. The summed E-state index contributed by atoms with van der Waals surface area (Å²) >= 11 is 0. The largest absolute Gasteiger partial charge is 0.476 e. The highest BCUT2D eigenvalue weighted by Gasteiger charge is 2.29. The second kappa shape index (κ2) is 4.81. The van der Waals surface area contributed by atoms with Crippen molar-refractivity contribution in [3.8, 4) is 0 Å². The lowest BCUT2D eigenvalue weighted by atomic mass is 9.89. The Morgan fingerprint density at radius 2 is 2.20 bits per heavy atom. The number of imidazole rings is 1. The van der Waals surface area contributed by atoms with Crippen molar-refractivity contribution in [3.05, 3.63) is 30.1 Å². The van der Waals surface area contributed by atoms with Crippen LogP contribution in [0.5, 0.6) is 0 Å². The molecule has 1 aliphatic rings. The van der Waals surface area contributed by atoms with Crippen LogP contribution in [0.4, 0.5) is 5.82 Å². The summed E-state index contributed by atoms with van der Waals surface area (Å²) in [5, 5.41) is 12.7. The van der Waals surface area contributed by atoms with Crippen molar-refractivity contribution >= 4 is 17.4 Å². The molecule has 2 heterocycles. The molecule has 2 aromatic heterocycles. The molecule has 0 spiro atoms. The average Bonchev–Trinajstić information content (AvgIpc) is 3.00. The highest BCUT2D eigenvalue weighted by molar-refractivity contribution is 5.92. The predicted octanol–water partition coefficient (Wildman–Crippen LogP) is 3.02. The number of anilines is 1. The molecule has 1 fully saturated rings. The first-order valence-corrected chi connectivity index (χ1v) is 7.03. The zero-order valence-electron chi connectivity index (χ0n) is 11.6. The van der Waals surface area contributed by atoms with E-state index >= 15 is 0 Å². The molecular formula is C15H19N3O2. The predicted molar refractivity (Wildman–Crippen MR) is 77.2 cm³/mol. The zero-order chi connectivity index (χ0) is 14.2. The minimum atomic E-state index is -0.956. The van der Waals surface area contributed by atoms with Gasteiger partial charge in [-0.05, 0) is 30.4 Å². The van der Waals surface area contributed by atoms with Crippen molar-refractivity contribution in [1.29, 1.82) is 0 Å². The Morgan fingerprint density at radius 1 is 1.45 bits per heavy atom. The van der Waals surface area contributed by atoms with Gasteiger partial charge in [0.2, 0.25) is 0 Å². The lowest BCUT2D eigenvalue weighted by Crippen LogP contribution is -2.24. The van der Waals surface area contributed by atoms with Crippen molar-refractivity contribution in [2.75, 3.05) is 11.9 Å². The number of aromatic carboxylic acids is 1. The van der Waals surface area contributed by atoms with E-state index in [2.05, 4.69) is 17.2 Å². The Morgan fingerprint density at radius 3 is 2.90 bits per heavy atom. The molecule has 5 heteroatoms. The maximum atomic E-state index is 11.5. The Hall–Kier alpha value is -2.04. The number of fused-ring (bicyclic) bond motifs is 1. The fraction of sp³-hybridized carbons (Fsp3) is 0.467. The number of hydrogen-bond donors (Lipinski definition) is 2. The molecular weight excluding hydrogens is 254 g/mol. The quantitative estimate of drug-likeness (QED) is 0.898. The Bertz CT molecular complexity index is 642. The molecule has 0 amide bonds. The molecule has 3 rings (SSSR count). The van der Waals surface area contributed by atoms with Crippen LogP contribution >= 0.6 is 0 Å². The molecule has 0 saturated heterocycles. The molecule has 2 N–H and O–H groups in total. The standard InChI is InChI=1S/C15H19N3O2/c1-15(7-3-4-8-15)10-16-13-12(14(19)20)18-9-5-2-6-11(18)17-13/h2,5-6,9,16H,3-4,7-8,10H2,1H3,(H,19,20). The van der Waals surface area contributed by atoms with Gasteiger partial charge in [0, 0.05) is 12.7 Å². The van der Waals surface area contributed by atoms with Gasteiger partial charge < -0.3 is 10.4 Å². The van der Waals surface area contributed by atoms with Gasteiger partial charge >= 0.3 is 5.97 Å². The molecule has 0 atom stereocenters. The molecule has 5 nitrogen and oxygen atoms in total. The molecule has 0 unspecified atom stereocenters. The number of hydrogen-bond acceptors (Lipinski definition) is 3. The first-order chi connectivity index (χ1) is 9.59. The number of carboxylic acids is 1. The topological polar surface area (TPSA) is 66.6 Å². The van der Waals surface area contributed by atoms with E-state index in [4.69, 9.17) is 0 Å². The number of carbonyl (C=O) groups is 1. The molecule has 0 bridgehead atoms. The van der Waals surface area contributed by atoms with Gasteiger partial charge in [0.1, 0.15) is 5.65 Å². The van der Waals surface area contributed by atoms with E-state index in [0.29, 0.717) is 11.5 Å². The highest BCUT2D eigenvalue weighted by atomic mass is 16.4. The number of rotatable bonds is 4. The highest BCUT2D eigenvalue weighted by Crippen LogP contribution is 2.37. The molecule has 20 heavy (non-hydrogen) atoms. The second-order valence-corrected chi connectivity index (χ2v) is 5.91. The number of nitrogens with zero attached hydrogens (tertiary/aromatic N) is 2. The van der Waals surface area contributed by atoms with E-state index in [-0.39, 0.29) is 11.1 Å². The summed E-state index contributed by atoms with van der Waals surface area (Å²) in [5.74, 6) is -0.486. The summed E-state index contributed by atoms with van der Waals surface area (Å²) < 4.78 is 1.61. The molecule has 1 saturated carbocycles. The van der Waals surface area contributed by atoms with Crippen molar-refractivity contribution < 1.29 is 9.90 Å². The monoisotopic (exact) mass is 273 g/mol. The van der Waals surface area contributed by atoms with E-state index in [0.717, 1.165) is 6.54 Å². The SMILES string of the molecule is CC1(CNc2nc3ccccn3c2C(=O)O)CCCC1. The fourth-order valence-corrected chi connectivity index (χ4v) is 3.03. The average molecular weight is 273 g/mol. The van der Waals surface area contributed by atoms with Gasteiger partial charge in [-0.2, -0.15) is 0 Å². The summed E-state index contributed by atoms with van der Waals surface area (Å²) in [6.07, 6.45) is 6.63. The molecule has 0 aromatic carbocycles. The van der Waals surface area contributed by atoms with Gasteiger partial charge in [0.05, 0.1) is 0 Å². The van der Waals surface area contributed by atoms with Crippen molar-refractivity contribution in [2.45, 2.75) is 32.6 Å². The van der Waals surface area contributed by atoms with E-state index < -0.39 is 5.97 Å². The molecule has 106 valence electrons. The molecule has 0 aliphatic heterocycles. The van der Waals surface area contributed by atoms with Crippen molar-refractivity contribution in [3.63, 3.8) is 0 Å². The molecule has 2 aromatic rings. The third kappa shape index (κ3) is 2.24. The minimum absolute atomic E-state index is 0.210. The molecule has 0 radical (unpaired) electrons. The van der Waals surface area contributed by atoms with E-state index in [9.17, 15) is 9.90 Å².